The molecule has 2 aliphatic rings. The number of morpholine rings is 1. The first kappa shape index (κ1) is 12.6. The fourth-order valence-electron chi connectivity index (χ4n) is 2.20. The van der Waals surface area contributed by atoms with E-state index in [1.807, 2.05) is 14.0 Å². The quantitative estimate of drug-likeness (QED) is 0.445. The van der Waals surface area contributed by atoms with E-state index in [9.17, 15) is 0 Å². The fourth-order valence-corrected chi connectivity index (χ4v) is 2.39. The average molecular weight is 284 g/mol. The van der Waals surface area contributed by atoms with Gasteiger partial charge in [0.05, 0.1) is 20.3 Å². The van der Waals surface area contributed by atoms with Crippen molar-refractivity contribution in [2.24, 2.45) is 0 Å². The summed E-state index contributed by atoms with van der Waals surface area (Å²) >= 11 is 5.41. The summed E-state index contributed by atoms with van der Waals surface area (Å²) in [4.78, 5) is 6.74. The predicted octanol–water partition coefficient (Wildman–Crippen LogP) is -1.13. The van der Waals surface area contributed by atoms with Gasteiger partial charge in [-0.2, -0.15) is 5.43 Å². The maximum atomic E-state index is 5.41. The molecule has 9 heteroatoms. The van der Waals surface area contributed by atoms with E-state index in [2.05, 4.69) is 25.7 Å². The number of hydrogen-bond acceptors (Lipinski definition) is 6. The number of ether oxygens (including phenoxy) is 1. The first-order chi connectivity index (χ1) is 9.15. The van der Waals surface area contributed by atoms with Crippen molar-refractivity contribution in [3.8, 4) is 0 Å². The van der Waals surface area contributed by atoms with Crippen molar-refractivity contribution in [3.05, 3.63) is 0 Å². The molecule has 3 rings (SSSR count). The summed E-state index contributed by atoms with van der Waals surface area (Å²) in [6, 6.07) is 0. The van der Waals surface area contributed by atoms with Gasteiger partial charge in [0, 0.05) is 13.1 Å². The van der Waals surface area contributed by atoms with E-state index < -0.39 is 0 Å². The van der Waals surface area contributed by atoms with Gasteiger partial charge in [-0.1, -0.05) is 4.98 Å². The van der Waals surface area contributed by atoms with Gasteiger partial charge in [0.2, 0.25) is 0 Å². The highest BCUT2D eigenvalue weighted by Gasteiger charge is 2.30. The van der Waals surface area contributed by atoms with Crippen molar-refractivity contribution < 1.29 is 9.42 Å². The Kier molecular flexibility index (Phi) is 3.25. The summed E-state index contributed by atoms with van der Waals surface area (Å²) in [7, 11) is 1.89. The van der Waals surface area contributed by atoms with Crippen LogP contribution in [0.2, 0.25) is 0 Å². The number of anilines is 2. The highest BCUT2D eigenvalue weighted by Crippen LogP contribution is 2.12. The van der Waals surface area contributed by atoms with Gasteiger partial charge in [-0.25, -0.2) is 10.1 Å². The van der Waals surface area contributed by atoms with Crippen LogP contribution in [0.15, 0.2) is 0 Å². The summed E-state index contributed by atoms with van der Waals surface area (Å²) in [5, 5.41) is 8.92. The molecule has 1 fully saturated rings. The molecule has 2 aliphatic heterocycles. The zero-order valence-corrected chi connectivity index (χ0v) is 11.8. The van der Waals surface area contributed by atoms with Gasteiger partial charge in [-0.3, -0.25) is 5.32 Å². The topological polar surface area (TPSA) is 72.3 Å². The Morgan fingerprint density at radius 1 is 1.42 bits per heavy atom. The van der Waals surface area contributed by atoms with Crippen LogP contribution < -0.4 is 20.3 Å². The van der Waals surface area contributed by atoms with Gasteiger partial charge in [0.1, 0.15) is 6.17 Å². The molecule has 1 atom stereocenters. The predicted molar refractivity (Wildman–Crippen MR) is 73.8 cm³/mol. The molecule has 19 heavy (non-hydrogen) atoms. The molecule has 104 valence electrons. The second-order valence-electron chi connectivity index (χ2n) is 4.64. The lowest BCUT2D eigenvalue weighted by Gasteiger charge is -2.24. The summed E-state index contributed by atoms with van der Waals surface area (Å²) in [5.74, 6) is 1.53. The molecule has 1 unspecified atom stereocenters. The molecule has 0 aromatic carbocycles. The Morgan fingerprint density at radius 2 is 2.16 bits per heavy atom. The lowest BCUT2D eigenvalue weighted by Crippen LogP contribution is -2.55. The average Bonchev–Trinajstić information content (AvgIpc) is 2.78. The third kappa shape index (κ3) is 2.36. The minimum absolute atomic E-state index is 0.0533. The van der Waals surface area contributed by atoms with Crippen LogP contribution in [0.1, 0.15) is 6.92 Å². The van der Waals surface area contributed by atoms with Crippen LogP contribution in [0, 0.1) is 0 Å². The number of rotatable bonds is 1. The molecule has 1 aromatic heterocycles. The van der Waals surface area contributed by atoms with E-state index in [0.29, 0.717) is 5.11 Å². The van der Waals surface area contributed by atoms with Crippen molar-refractivity contribution in [1.29, 1.82) is 0 Å². The monoisotopic (exact) mass is 284 g/mol. The number of hydrazine groups is 1. The van der Waals surface area contributed by atoms with Gasteiger partial charge in [0.15, 0.2) is 0 Å². The van der Waals surface area contributed by atoms with Crippen LogP contribution in [0.5, 0.6) is 0 Å². The third-order valence-electron chi connectivity index (χ3n) is 3.16. The van der Waals surface area contributed by atoms with Gasteiger partial charge in [-0.15, -0.1) is 4.68 Å². The van der Waals surface area contributed by atoms with E-state index in [4.69, 9.17) is 17.0 Å². The molecule has 0 saturated carbocycles. The lowest BCUT2D eigenvalue weighted by atomic mass is 10.4. The second kappa shape index (κ2) is 4.91. The van der Waals surface area contributed by atoms with Gasteiger partial charge in [0.25, 0.3) is 5.95 Å². The highest BCUT2D eigenvalue weighted by molar-refractivity contribution is 7.79. The Morgan fingerprint density at radius 3 is 2.89 bits per heavy atom. The number of nitrogens with one attached hydrogen (secondary N) is 3. The number of hydrogen-bond donors (Lipinski definition) is 3. The lowest BCUT2D eigenvalue weighted by molar-refractivity contribution is -0.607. The molecule has 0 amide bonds. The third-order valence-corrected chi connectivity index (χ3v) is 3.61. The molecule has 0 aliphatic carbocycles. The standard InChI is InChI=1S/C10H17N7OS/c1-7-11-8-12-9(16-3-5-18-6-4-16)14-17(8)10(19)15(2)13-7/h7,13H,3-6H2,1-2H3,(H,11,12,14)/p+1. The van der Waals surface area contributed by atoms with E-state index in [1.54, 1.807) is 9.69 Å². The van der Waals surface area contributed by atoms with Crippen LogP contribution >= 0.6 is 12.2 Å². The molecule has 1 aromatic rings. The summed E-state index contributed by atoms with van der Waals surface area (Å²) in [6.45, 7) is 5.14. The maximum absolute atomic E-state index is 5.41. The van der Waals surface area contributed by atoms with E-state index in [1.165, 1.54) is 0 Å². The Balaban J connectivity index is 1.90. The Labute approximate surface area is 116 Å². The van der Waals surface area contributed by atoms with E-state index >= 15 is 0 Å². The normalized spacial score (nSPS) is 23.9. The van der Waals surface area contributed by atoms with Crippen LogP contribution in [0.25, 0.3) is 0 Å². The van der Waals surface area contributed by atoms with E-state index in [0.717, 1.165) is 38.2 Å². The van der Waals surface area contributed by atoms with E-state index in [-0.39, 0.29) is 6.17 Å². The summed E-state index contributed by atoms with van der Waals surface area (Å²) in [6.07, 6.45) is 0.0533. The molecule has 0 spiro atoms. The van der Waals surface area contributed by atoms with Crippen molar-refractivity contribution in [1.82, 2.24) is 20.5 Å². The first-order valence-electron chi connectivity index (χ1n) is 6.30. The summed E-state index contributed by atoms with van der Waals surface area (Å²) < 4.78 is 7.12. The molecule has 0 radical (unpaired) electrons. The molecule has 8 nitrogen and oxygen atoms in total. The first-order valence-corrected chi connectivity index (χ1v) is 6.71. The Bertz CT molecular complexity index is 484. The molecule has 1 saturated heterocycles. The molecule has 0 bridgehead atoms. The second-order valence-corrected chi connectivity index (χ2v) is 5.01. The maximum Gasteiger partial charge on any atom is 0.375 e. The fraction of sp³-hybridized carbons (Fsp3) is 0.700. The van der Waals surface area contributed by atoms with Gasteiger partial charge < -0.3 is 9.64 Å². The number of aromatic amines is 1. The summed E-state index contributed by atoms with van der Waals surface area (Å²) in [5.41, 5.74) is 3.19. The molecule has 3 heterocycles. The molecular weight excluding hydrogens is 266 g/mol. The highest BCUT2D eigenvalue weighted by atomic mass is 32.1. The molecule has 3 N–H and O–H groups in total. The number of H-pyrrole nitrogens is 1. The SMILES string of the molecule is CC1Nc2nc(N3CCOCC3)[nH][n+]2C(=S)N(C)N1. The zero-order chi connectivity index (χ0) is 13.4. The van der Waals surface area contributed by atoms with Crippen LogP contribution in [0.4, 0.5) is 11.9 Å². The molecular formula is C10H18N7OS+. The largest absolute Gasteiger partial charge is 0.378 e. The van der Waals surface area contributed by atoms with Crippen LogP contribution in [-0.4, -0.2) is 59.7 Å². The van der Waals surface area contributed by atoms with Gasteiger partial charge in [-0.05, 0) is 19.1 Å². The number of aromatic nitrogens is 3. The van der Waals surface area contributed by atoms with Gasteiger partial charge >= 0.3 is 11.1 Å². The zero-order valence-electron chi connectivity index (χ0n) is 11.0. The number of fused-ring (bicyclic) bond motifs is 1. The minimum Gasteiger partial charge on any atom is -0.378 e. The number of thiocarbonyl (C=S) groups is 1. The number of nitrogens with zero attached hydrogens (tertiary/aromatic N) is 4. The van der Waals surface area contributed by atoms with Crippen molar-refractivity contribution >= 4 is 29.2 Å². The van der Waals surface area contributed by atoms with Crippen molar-refractivity contribution in [2.45, 2.75) is 13.1 Å². The Hall–Kier alpha value is -1.45. The van der Waals surface area contributed by atoms with Crippen LogP contribution in [0.3, 0.4) is 0 Å². The van der Waals surface area contributed by atoms with Crippen molar-refractivity contribution in [3.63, 3.8) is 0 Å². The minimum atomic E-state index is 0.0533. The smallest absolute Gasteiger partial charge is 0.375 e. The van der Waals surface area contributed by atoms with Crippen LogP contribution in [-0.2, 0) is 4.74 Å². The van der Waals surface area contributed by atoms with Crippen molar-refractivity contribution in [2.75, 3.05) is 43.6 Å².